The van der Waals surface area contributed by atoms with E-state index in [-0.39, 0.29) is 23.8 Å². The van der Waals surface area contributed by atoms with Gasteiger partial charge in [-0.3, -0.25) is 14.4 Å². The van der Waals surface area contributed by atoms with Crippen molar-refractivity contribution >= 4 is 23.4 Å². The zero-order valence-corrected chi connectivity index (χ0v) is 22.7. The van der Waals surface area contributed by atoms with Crippen LogP contribution in [-0.2, 0) is 19.1 Å². The second-order valence-electron chi connectivity index (χ2n) is 12.2. The number of fused-ring (bicyclic) bond motifs is 1. The summed E-state index contributed by atoms with van der Waals surface area (Å²) in [5, 5.41) is 6.31. The molecule has 3 heterocycles. The molecule has 0 radical (unpaired) electrons. The Morgan fingerprint density at radius 1 is 1.19 bits per heavy atom. The highest BCUT2D eigenvalue weighted by atomic mass is 16.5. The quantitative estimate of drug-likeness (QED) is 0.545. The van der Waals surface area contributed by atoms with Crippen molar-refractivity contribution in [3.05, 3.63) is 42.0 Å². The molecule has 37 heavy (non-hydrogen) atoms. The molecule has 1 aromatic carbocycles. The molecule has 2 N–H and O–H groups in total. The van der Waals surface area contributed by atoms with Crippen LogP contribution in [0.25, 0.3) is 0 Å². The van der Waals surface area contributed by atoms with Crippen LogP contribution in [0, 0.1) is 36.5 Å². The van der Waals surface area contributed by atoms with Gasteiger partial charge in [0.25, 0.3) is 0 Å². The highest BCUT2D eigenvalue weighted by molar-refractivity contribution is 6.02. The fourth-order valence-electron chi connectivity index (χ4n) is 6.90. The van der Waals surface area contributed by atoms with Crippen LogP contribution in [0.15, 0.2) is 36.4 Å². The molecule has 1 aliphatic carbocycles. The predicted octanol–water partition coefficient (Wildman–Crippen LogP) is 4.07. The summed E-state index contributed by atoms with van der Waals surface area (Å²) in [5.41, 5.74) is 0.627. The molecule has 1 aromatic rings. The van der Waals surface area contributed by atoms with Crippen LogP contribution in [0.2, 0.25) is 0 Å². The maximum Gasteiger partial charge on any atom is 0.246 e. The Hall–Kier alpha value is -2.67. The lowest BCUT2D eigenvalue weighted by Gasteiger charge is -2.38. The minimum Gasteiger partial charge on any atom is -0.359 e. The lowest BCUT2D eigenvalue weighted by atomic mass is 9.73. The van der Waals surface area contributed by atoms with Crippen molar-refractivity contribution in [2.75, 3.05) is 11.9 Å². The van der Waals surface area contributed by atoms with Crippen LogP contribution in [0.5, 0.6) is 0 Å². The van der Waals surface area contributed by atoms with Crippen molar-refractivity contribution in [3.63, 3.8) is 0 Å². The number of rotatable bonds is 7. The number of nitrogens with one attached hydrogen (secondary N) is 2. The van der Waals surface area contributed by atoms with Gasteiger partial charge in [0.15, 0.2) is 0 Å². The van der Waals surface area contributed by atoms with Gasteiger partial charge in [0.2, 0.25) is 17.7 Å². The number of nitrogens with zero attached hydrogens (tertiary/aromatic N) is 1. The second-order valence-corrected chi connectivity index (χ2v) is 12.2. The van der Waals surface area contributed by atoms with Gasteiger partial charge in [-0.15, -0.1) is 0 Å². The minimum atomic E-state index is -1.11. The number of hydrogen-bond donors (Lipinski definition) is 2. The standard InChI is InChI=1S/C30H41N3O4/c1-17(2)13-15-33-26(28(35)32-22-11-7-9-19(4)20(22)5)30-14-12-23(37-30)24(25(30)29(33)36)27(34)31-21-10-6-8-18(3)16-21/h6,8,10,12,14,16-17,19-20,22-26H,7,9,11,13,15H2,1-5H3,(H,31,34)(H,32,35)/t19-,20+,22+,23+,24-,25+,26+,30+/m0/s1. The highest BCUT2D eigenvalue weighted by Gasteiger charge is 2.72. The van der Waals surface area contributed by atoms with Crippen molar-refractivity contribution in [3.8, 4) is 0 Å². The van der Waals surface area contributed by atoms with Crippen molar-refractivity contribution in [2.45, 2.75) is 84.1 Å². The number of anilines is 1. The highest BCUT2D eigenvalue weighted by Crippen LogP contribution is 2.55. The Morgan fingerprint density at radius 3 is 2.70 bits per heavy atom. The molecule has 7 heteroatoms. The fourth-order valence-corrected chi connectivity index (χ4v) is 6.90. The zero-order chi connectivity index (χ0) is 26.5. The van der Waals surface area contributed by atoms with Gasteiger partial charge in [-0.1, -0.05) is 64.8 Å². The first-order valence-corrected chi connectivity index (χ1v) is 14.0. The number of carbonyl (C=O) groups is 3. The monoisotopic (exact) mass is 507 g/mol. The summed E-state index contributed by atoms with van der Waals surface area (Å²) in [6.07, 6.45) is 7.24. The molecule has 200 valence electrons. The van der Waals surface area contributed by atoms with E-state index in [0.717, 1.165) is 24.8 Å². The number of ether oxygens (including phenoxy) is 1. The lowest BCUT2D eigenvalue weighted by molar-refractivity contribution is -0.141. The Bertz CT molecular complexity index is 1100. The van der Waals surface area contributed by atoms with E-state index in [1.807, 2.05) is 43.3 Å². The molecule has 1 spiro atoms. The third-order valence-electron chi connectivity index (χ3n) is 9.19. The summed E-state index contributed by atoms with van der Waals surface area (Å²) < 4.78 is 6.46. The largest absolute Gasteiger partial charge is 0.359 e. The normalized spacial score (nSPS) is 36.2. The molecule has 0 aromatic heterocycles. The number of benzene rings is 1. The summed E-state index contributed by atoms with van der Waals surface area (Å²) in [7, 11) is 0. The minimum absolute atomic E-state index is 0.0803. The number of hydrogen-bond acceptors (Lipinski definition) is 4. The Kier molecular flexibility index (Phi) is 6.94. The number of carbonyl (C=O) groups excluding carboxylic acids is 3. The summed E-state index contributed by atoms with van der Waals surface area (Å²) in [4.78, 5) is 43.2. The van der Waals surface area contributed by atoms with Crippen molar-refractivity contribution in [2.24, 2.45) is 29.6 Å². The average molecular weight is 508 g/mol. The molecule has 7 nitrogen and oxygen atoms in total. The number of amides is 3. The van der Waals surface area contributed by atoms with Crippen molar-refractivity contribution in [1.29, 1.82) is 0 Å². The van der Waals surface area contributed by atoms with E-state index in [1.165, 1.54) is 6.42 Å². The van der Waals surface area contributed by atoms with Gasteiger partial charge in [-0.05, 0) is 55.2 Å². The summed E-state index contributed by atoms with van der Waals surface area (Å²) >= 11 is 0. The van der Waals surface area contributed by atoms with E-state index >= 15 is 0 Å². The van der Waals surface area contributed by atoms with E-state index in [0.29, 0.717) is 30.0 Å². The lowest BCUT2D eigenvalue weighted by Crippen LogP contribution is -2.58. The first-order chi connectivity index (χ1) is 17.6. The van der Waals surface area contributed by atoms with Crippen LogP contribution in [0.4, 0.5) is 5.69 Å². The number of aryl methyl sites for hydroxylation is 1. The molecule has 3 amide bonds. The van der Waals surface area contributed by atoms with Gasteiger partial charge in [-0.2, -0.15) is 0 Å². The smallest absolute Gasteiger partial charge is 0.246 e. The van der Waals surface area contributed by atoms with Crippen LogP contribution >= 0.6 is 0 Å². The molecule has 5 rings (SSSR count). The Balaban J connectivity index is 1.43. The molecule has 4 aliphatic rings. The zero-order valence-electron chi connectivity index (χ0n) is 22.7. The fraction of sp³-hybridized carbons (Fsp3) is 0.633. The molecular formula is C30H41N3O4. The topological polar surface area (TPSA) is 87.7 Å². The van der Waals surface area contributed by atoms with Crippen molar-refractivity contribution < 1.29 is 19.1 Å². The van der Waals surface area contributed by atoms with Gasteiger partial charge in [0.1, 0.15) is 11.6 Å². The third-order valence-corrected chi connectivity index (χ3v) is 9.19. The van der Waals surface area contributed by atoms with E-state index < -0.39 is 29.6 Å². The summed E-state index contributed by atoms with van der Waals surface area (Å²) in [6.45, 7) is 11.1. The van der Waals surface area contributed by atoms with Gasteiger partial charge in [0, 0.05) is 18.3 Å². The molecule has 0 unspecified atom stereocenters. The first-order valence-electron chi connectivity index (χ1n) is 14.0. The Labute approximate surface area is 220 Å². The molecule has 8 atom stereocenters. The van der Waals surface area contributed by atoms with Crippen LogP contribution in [-0.4, -0.2) is 53.0 Å². The van der Waals surface area contributed by atoms with Gasteiger partial charge >= 0.3 is 0 Å². The number of likely N-dealkylation sites (tertiary alicyclic amines) is 1. The molecule has 3 aliphatic heterocycles. The summed E-state index contributed by atoms with van der Waals surface area (Å²) in [6, 6.07) is 6.93. The van der Waals surface area contributed by atoms with Gasteiger partial charge < -0.3 is 20.3 Å². The van der Waals surface area contributed by atoms with Crippen molar-refractivity contribution in [1.82, 2.24) is 10.2 Å². The molecule has 1 saturated carbocycles. The SMILES string of the molecule is Cc1cccc(NC(=O)[C@H]2[C@H]3C=C[C@@]4(O3)[C@H]2C(=O)N(CCC(C)C)[C@@H]4C(=O)N[C@@H]2CCC[C@H](C)[C@H]2C)c1. The molecule has 2 bridgehead atoms. The molecule has 3 fully saturated rings. The van der Waals surface area contributed by atoms with Gasteiger partial charge in [0.05, 0.1) is 17.9 Å². The second kappa shape index (κ2) is 9.90. The predicted molar refractivity (Wildman–Crippen MR) is 143 cm³/mol. The summed E-state index contributed by atoms with van der Waals surface area (Å²) in [5.74, 6) is -0.639. The Morgan fingerprint density at radius 2 is 1.97 bits per heavy atom. The van der Waals surface area contributed by atoms with Gasteiger partial charge in [-0.25, -0.2) is 0 Å². The van der Waals surface area contributed by atoms with Crippen LogP contribution in [0.3, 0.4) is 0 Å². The molecule has 2 saturated heterocycles. The van der Waals surface area contributed by atoms with E-state index in [1.54, 1.807) is 4.90 Å². The van der Waals surface area contributed by atoms with E-state index in [9.17, 15) is 14.4 Å². The molecular weight excluding hydrogens is 466 g/mol. The maximum absolute atomic E-state index is 14.0. The van der Waals surface area contributed by atoms with Crippen LogP contribution in [0.1, 0.15) is 58.9 Å². The maximum atomic E-state index is 14.0. The first kappa shape index (κ1) is 26.0. The average Bonchev–Trinajstić information content (AvgIpc) is 3.48. The van der Waals surface area contributed by atoms with Crippen LogP contribution < -0.4 is 10.6 Å². The third kappa shape index (κ3) is 4.49. The van der Waals surface area contributed by atoms with E-state index in [4.69, 9.17) is 4.74 Å². The van der Waals surface area contributed by atoms with E-state index in [2.05, 4.69) is 38.3 Å².